The van der Waals surface area contributed by atoms with Gasteiger partial charge in [0.05, 0.1) is 5.56 Å². The summed E-state index contributed by atoms with van der Waals surface area (Å²) in [7, 11) is 0. The minimum atomic E-state index is -4.52. The summed E-state index contributed by atoms with van der Waals surface area (Å²) < 4.78 is 37.2. The highest BCUT2D eigenvalue weighted by atomic mass is 79.9. The Morgan fingerprint density at radius 3 is 2.19 bits per heavy atom. The lowest BCUT2D eigenvalue weighted by Crippen LogP contribution is -2.49. The zero-order chi connectivity index (χ0) is 19.5. The van der Waals surface area contributed by atoms with Crippen LogP contribution in [0, 0.1) is 0 Å². The second-order valence-corrected chi connectivity index (χ2v) is 8.46. The zero-order valence-electron chi connectivity index (χ0n) is 12.8. The third-order valence-corrected chi connectivity index (χ3v) is 4.39. The van der Waals surface area contributed by atoms with E-state index in [-0.39, 0.29) is 5.69 Å². The summed E-state index contributed by atoms with van der Waals surface area (Å²) in [4.78, 5) is 12.3. The van der Waals surface area contributed by atoms with Crippen LogP contribution in [0.1, 0.15) is 15.9 Å². The van der Waals surface area contributed by atoms with Gasteiger partial charge in [-0.2, -0.15) is 13.2 Å². The van der Waals surface area contributed by atoms with Gasteiger partial charge in [0, 0.05) is 15.7 Å². The molecular weight excluding hydrogens is 479 g/mol. The molecule has 0 saturated heterocycles. The summed E-state index contributed by atoms with van der Waals surface area (Å²) in [5, 5.41) is 5.06. The molecular formula is C16H11BrCl3F3N2O. The van der Waals surface area contributed by atoms with E-state index < -0.39 is 27.6 Å². The maximum atomic E-state index is 12.8. The molecule has 2 aromatic carbocycles. The SMILES string of the molecule is O=C(N[C@H](Nc1cccc(C(F)(F)F)c1)C(Cl)(Cl)Cl)c1ccc(Br)cc1. The van der Waals surface area contributed by atoms with Crippen LogP contribution < -0.4 is 10.6 Å². The Kier molecular flexibility index (Phi) is 6.71. The molecule has 0 fully saturated rings. The quantitative estimate of drug-likeness (QED) is 0.407. The highest BCUT2D eigenvalue weighted by Gasteiger charge is 2.35. The molecule has 3 nitrogen and oxygen atoms in total. The fourth-order valence-electron chi connectivity index (χ4n) is 1.97. The predicted molar refractivity (Wildman–Crippen MR) is 101 cm³/mol. The van der Waals surface area contributed by atoms with Crippen molar-refractivity contribution < 1.29 is 18.0 Å². The number of nitrogens with one attached hydrogen (secondary N) is 2. The van der Waals surface area contributed by atoms with Crippen molar-refractivity contribution in [3.05, 3.63) is 64.1 Å². The lowest BCUT2D eigenvalue weighted by molar-refractivity contribution is -0.137. The molecule has 0 heterocycles. The van der Waals surface area contributed by atoms with E-state index in [0.717, 1.165) is 16.6 Å². The van der Waals surface area contributed by atoms with Crippen molar-refractivity contribution in [1.82, 2.24) is 5.32 Å². The lowest BCUT2D eigenvalue weighted by atomic mass is 10.2. The van der Waals surface area contributed by atoms with Crippen molar-refractivity contribution in [2.24, 2.45) is 0 Å². The Labute approximate surface area is 170 Å². The minimum absolute atomic E-state index is 0.0345. The van der Waals surface area contributed by atoms with Gasteiger partial charge < -0.3 is 10.6 Å². The molecule has 0 aliphatic carbocycles. The van der Waals surface area contributed by atoms with Crippen molar-refractivity contribution in [3.63, 3.8) is 0 Å². The predicted octanol–water partition coefficient (Wildman–Crippen LogP) is 6.01. The number of hydrogen-bond acceptors (Lipinski definition) is 2. The first kappa shape index (κ1) is 21.2. The second kappa shape index (κ2) is 8.25. The van der Waals surface area contributed by atoms with Crippen LogP contribution in [0.3, 0.4) is 0 Å². The third kappa shape index (κ3) is 5.94. The first-order chi connectivity index (χ1) is 12.0. The van der Waals surface area contributed by atoms with Crippen LogP contribution in [-0.2, 0) is 6.18 Å². The monoisotopic (exact) mass is 488 g/mol. The molecule has 0 saturated carbocycles. The summed E-state index contributed by atoms with van der Waals surface area (Å²) in [6.45, 7) is 0. The molecule has 0 unspecified atom stereocenters. The number of amides is 1. The van der Waals surface area contributed by atoms with E-state index in [2.05, 4.69) is 26.6 Å². The molecule has 0 aromatic heterocycles. The van der Waals surface area contributed by atoms with Gasteiger partial charge in [0.2, 0.25) is 3.79 Å². The first-order valence-corrected chi connectivity index (χ1v) is 8.96. The zero-order valence-corrected chi connectivity index (χ0v) is 16.6. The molecule has 26 heavy (non-hydrogen) atoms. The van der Waals surface area contributed by atoms with E-state index in [4.69, 9.17) is 34.8 Å². The van der Waals surface area contributed by atoms with Crippen LogP contribution >= 0.6 is 50.7 Å². The summed E-state index contributed by atoms with van der Waals surface area (Å²) >= 11 is 20.8. The lowest BCUT2D eigenvalue weighted by Gasteiger charge is -2.27. The van der Waals surface area contributed by atoms with Crippen LogP contribution in [0.2, 0.25) is 0 Å². The average molecular weight is 491 g/mol. The van der Waals surface area contributed by atoms with Crippen molar-refractivity contribution in [2.45, 2.75) is 16.1 Å². The van der Waals surface area contributed by atoms with Gasteiger partial charge in [-0.15, -0.1) is 0 Å². The van der Waals surface area contributed by atoms with E-state index in [1.807, 2.05) is 0 Å². The van der Waals surface area contributed by atoms with E-state index in [1.165, 1.54) is 12.1 Å². The average Bonchev–Trinajstić information content (AvgIpc) is 2.53. The molecule has 0 bridgehead atoms. The molecule has 2 N–H and O–H groups in total. The first-order valence-electron chi connectivity index (χ1n) is 7.04. The van der Waals surface area contributed by atoms with Gasteiger partial charge in [0.25, 0.3) is 5.91 Å². The van der Waals surface area contributed by atoms with Crippen LogP contribution in [0.25, 0.3) is 0 Å². The standard InChI is InChI=1S/C16H11BrCl3F3N2O/c17-11-6-4-9(5-7-11)13(26)25-14(15(18,19)20)24-12-3-1-2-10(8-12)16(21,22)23/h1-8,14,24H,(H,25,26)/t14-/m0/s1. The molecule has 0 aliphatic rings. The molecule has 140 valence electrons. The Morgan fingerprint density at radius 2 is 1.65 bits per heavy atom. The Hall–Kier alpha value is -1.15. The van der Waals surface area contributed by atoms with Crippen LogP contribution in [-0.4, -0.2) is 15.9 Å². The van der Waals surface area contributed by atoms with Crippen LogP contribution in [0.4, 0.5) is 18.9 Å². The Bertz CT molecular complexity index is 780. The fourth-order valence-corrected chi connectivity index (χ4v) is 2.56. The Morgan fingerprint density at radius 1 is 1.04 bits per heavy atom. The molecule has 1 amide bonds. The molecule has 2 aromatic rings. The van der Waals surface area contributed by atoms with Gasteiger partial charge in [0.15, 0.2) is 0 Å². The van der Waals surface area contributed by atoms with Crippen molar-refractivity contribution in [1.29, 1.82) is 0 Å². The number of halogens is 7. The maximum absolute atomic E-state index is 12.8. The highest BCUT2D eigenvalue weighted by Crippen LogP contribution is 2.34. The largest absolute Gasteiger partial charge is 0.416 e. The van der Waals surface area contributed by atoms with Gasteiger partial charge in [0.1, 0.15) is 6.17 Å². The van der Waals surface area contributed by atoms with Crippen LogP contribution in [0.5, 0.6) is 0 Å². The number of alkyl halides is 6. The van der Waals surface area contributed by atoms with Crippen molar-refractivity contribution >= 4 is 62.3 Å². The number of rotatable bonds is 4. The van der Waals surface area contributed by atoms with E-state index >= 15 is 0 Å². The minimum Gasteiger partial charge on any atom is -0.362 e. The normalized spacial score (nSPS) is 13.2. The van der Waals surface area contributed by atoms with Gasteiger partial charge in [-0.25, -0.2) is 0 Å². The molecule has 0 radical (unpaired) electrons. The van der Waals surface area contributed by atoms with E-state index in [1.54, 1.807) is 24.3 Å². The summed E-state index contributed by atoms with van der Waals surface area (Å²) in [6, 6.07) is 10.7. The van der Waals surface area contributed by atoms with E-state index in [0.29, 0.717) is 5.56 Å². The summed E-state index contributed by atoms with van der Waals surface area (Å²) in [5.41, 5.74) is -0.546. The van der Waals surface area contributed by atoms with Gasteiger partial charge in [-0.1, -0.05) is 56.8 Å². The topological polar surface area (TPSA) is 41.1 Å². The smallest absolute Gasteiger partial charge is 0.362 e. The number of benzene rings is 2. The maximum Gasteiger partial charge on any atom is 0.416 e. The van der Waals surface area contributed by atoms with Gasteiger partial charge in [-0.3, -0.25) is 4.79 Å². The van der Waals surface area contributed by atoms with Crippen molar-refractivity contribution in [3.8, 4) is 0 Å². The molecule has 0 aliphatic heterocycles. The van der Waals surface area contributed by atoms with E-state index in [9.17, 15) is 18.0 Å². The van der Waals surface area contributed by atoms with Gasteiger partial charge in [-0.05, 0) is 42.5 Å². The molecule has 10 heteroatoms. The van der Waals surface area contributed by atoms with Crippen molar-refractivity contribution in [2.75, 3.05) is 5.32 Å². The highest BCUT2D eigenvalue weighted by molar-refractivity contribution is 9.10. The van der Waals surface area contributed by atoms with Gasteiger partial charge >= 0.3 is 6.18 Å². The fraction of sp³-hybridized carbons (Fsp3) is 0.188. The van der Waals surface area contributed by atoms with Crippen LogP contribution in [0.15, 0.2) is 53.0 Å². The summed E-state index contributed by atoms with van der Waals surface area (Å²) in [5.74, 6) is -0.562. The molecule has 1 atom stereocenters. The Balaban J connectivity index is 2.21. The summed E-state index contributed by atoms with van der Waals surface area (Å²) in [6.07, 6.45) is -5.79. The molecule has 0 spiro atoms. The number of carbonyl (C=O) groups is 1. The third-order valence-electron chi connectivity index (χ3n) is 3.21. The number of anilines is 1. The molecule has 2 rings (SSSR count). The second-order valence-electron chi connectivity index (χ2n) is 5.18. The number of carbonyl (C=O) groups excluding carboxylic acids is 1. The number of hydrogen-bond donors (Lipinski definition) is 2.